The highest BCUT2D eigenvalue weighted by atomic mass is 35.5. The van der Waals surface area contributed by atoms with Gasteiger partial charge in [-0.2, -0.15) is 0 Å². The van der Waals surface area contributed by atoms with Crippen LogP contribution < -0.4 is 14.8 Å². The van der Waals surface area contributed by atoms with E-state index in [2.05, 4.69) is 10.3 Å². The summed E-state index contributed by atoms with van der Waals surface area (Å²) in [5.41, 5.74) is 1.83. The van der Waals surface area contributed by atoms with Crippen molar-refractivity contribution in [2.24, 2.45) is 0 Å². The second-order valence-corrected chi connectivity index (χ2v) is 10.0. The molecule has 0 saturated carbocycles. The van der Waals surface area contributed by atoms with Crippen LogP contribution in [0.3, 0.4) is 0 Å². The topological polar surface area (TPSA) is 103 Å². The summed E-state index contributed by atoms with van der Waals surface area (Å²) in [6, 6.07) is 8.06. The van der Waals surface area contributed by atoms with E-state index in [0.29, 0.717) is 46.5 Å². The first-order chi connectivity index (χ1) is 15.6. The summed E-state index contributed by atoms with van der Waals surface area (Å²) >= 11 is 6.12. The molecule has 0 atom stereocenters. The standard InChI is InChI=1S/C22H27ClN4O5S/c1-6-27-18-8-7-14(33(29,30)26(2)3)11-16(18)24-21(27)9-10-22(28)25-17-13-19(31-4)15(23)12-20(17)32-5/h7-8,11-13H,6,9-10H2,1-5H3,(H,25,28). The lowest BCUT2D eigenvalue weighted by atomic mass is 10.2. The molecule has 1 aromatic heterocycles. The molecule has 2 aromatic carbocycles. The molecule has 0 fully saturated rings. The van der Waals surface area contributed by atoms with Gasteiger partial charge in [0.05, 0.1) is 40.9 Å². The Kier molecular flexibility index (Phi) is 7.51. The van der Waals surface area contributed by atoms with E-state index in [4.69, 9.17) is 21.1 Å². The van der Waals surface area contributed by atoms with Crippen LogP contribution >= 0.6 is 11.6 Å². The van der Waals surface area contributed by atoms with Gasteiger partial charge >= 0.3 is 0 Å². The molecule has 0 saturated heterocycles. The van der Waals surface area contributed by atoms with E-state index in [9.17, 15) is 13.2 Å². The summed E-state index contributed by atoms with van der Waals surface area (Å²) < 4.78 is 38.6. The predicted octanol–water partition coefficient (Wildman–Crippen LogP) is 3.55. The number of imidazole rings is 1. The van der Waals surface area contributed by atoms with Crippen molar-refractivity contribution in [3.63, 3.8) is 0 Å². The van der Waals surface area contributed by atoms with Gasteiger partial charge in [-0.15, -0.1) is 0 Å². The fourth-order valence-electron chi connectivity index (χ4n) is 3.47. The number of aromatic nitrogens is 2. The van der Waals surface area contributed by atoms with Gasteiger partial charge < -0.3 is 19.4 Å². The number of ether oxygens (including phenoxy) is 2. The molecule has 0 aliphatic heterocycles. The van der Waals surface area contributed by atoms with Gasteiger partial charge in [-0.05, 0) is 25.1 Å². The zero-order chi connectivity index (χ0) is 24.3. The maximum Gasteiger partial charge on any atom is 0.242 e. The summed E-state index contributed by atoms with van der Waals surface area (Å²) in [5.74, 6) is 1.31. The predicted molar refractivity (Wildman–Crippen MR) is 128 cm³/mol. The van der Waals surface area contributed by atoms with Crippen LogP contribution in [0.4, 0.5) is 5.69 Å². The Hall–Kier alpha value is -2.82. The fourth-order valence-corrected chi connectivity index (χ4v) is 4.62. The number of hydrogen-bond donors (Lipinski definition) is 1. The lowest BCUT2D eigenvalue weighted by molar-refractivity contribution is -0.116. The summed E-state index contributed by atoms with van der Waals surface area (Å²) in [4.78, 5) is 17.4. The quantitative estimate of drug-likeness (QED) is 0.488. The largest absolute Gasteiger partial charge is 0.495 e. The zero-order valence-electron chi connectivity index (χ0n) is 19.2. The molecular formula is C22H27ClN4O5S. The van der Waals surface area contributed by atoms with Gasteiger partial charge in [0, 0.05) is 45.6 Å². The molecule has 1 amide bonds. The van der Waals surface area contributed by atoms with E-state index in [1.165, 1.54) is 28.3 Å². The van der Waals surface area contributed by atoms with Crippen molar-refractivity contribution in [3.05, 3.63) is 41.2 Å². The first-order valence-electron chi connectivity index (χ1n) is 10.2. The number of fused-ring (bicyclic) bond motifs is 1. The number of rotatable bonds is 9. The first kappa shape index (κ1) is 24.8. The second-order valence-electron chi connectivity index (χ2n) is 7.45. The minimum absolute atomic E-state index is 0.167. The van der Waals surface area contributed by atoms with Crippen molar-refractivity contribution in [1.29, 1.82) is 0 Å². The van der Waals surface area contributed by atoms with Gasteiger partial charge in [-0.25, -0.2) is 17.7 Å². The number of carbonyl (C=O) groups excluding carboxylic acids is 1. The van der Waals surface area contributed by atoms with E-state index in [0.717, 1.165) is 9.82 Å². The average Bonchev–Trinajstić information content (AvgIpc) is 3.15. The monoisotopic (exact) mass is 494 g/mol. The van der Waals surface area contributed by atoms with Crippen molar-refractivity contribution < 1.29 is 22.7 Å². The number of sulfonamides is 1. The smallest absolute Gasteiger partial charge is 0.242 e. The molecule has 178 valence electrons. The Labute approximate surface area is 198 Å². The molecule has 11 heteroatoms. The van der Waals surface area contributed by atoms with Crippen LogP contribution in [0, 0.1) is 0 Å². The Bertz CT molecular complexity index is 1290. The van der Waals surface area contributed by atoms with Crippen LogP contribution in [0.1, 0.15) is 19.2 Å². The number of carbonyl (C=O) groups is 1. The third-order valence-electron chi connectivity index (χ3n) is 5.22. The molecule has 0 bridgehead atoms. The van der Waals surface area contributed by atoms with Crippen LogP contribution in [0.2, 0.25) is 5.02 Å². The number of hydrogen-bond acceptors (Lipinski definition) is 6. The third kappa shape index (κ3) is 5.07. The Morgan fingerprint density at radius 2 is 1.85 bits per heavy atom. The molecule has 33 heavy (non-hydrogen) atoms. The molecule has 0 aliphatic carbocycles. The van der Waals surface area contributed by atoms with E-state index in [1.807, 2.05) is 11.5 Å². The number of methoxy groups -OCH3 is 2. The molecular weight excluding hydrogens is 468 g/mol. The third-order valence-corrected chi connectivity index (χ3v) is 7.32. The summed E-state index contributed by atoms with van der Waals surface area (Å²) in [6.45, 7) is 2.61. The van der Waals surface area contributed by atoms with Gasteiger partial charge in [-0.1, -0.05) is 11.6 Å². The maximum absolute atomic E-state index is 12.7. The highest BCUT2D eigenvalue weighted by Gasteiger charge is 2.20. The number of amides is 1. The van der Waals surface area contributed by atoms with Gasteiger partial charge in [0.1, 0.15) is 17.3 Å². The molecule has 3 aromatic rings. The SMILES string of the molecule is CCn1c(CCC(=O)Nc2cc(OC)c(Cl)cc2OC)nc2cc(S(=O)(=O)N(C)C)ccc21. The Balaban J connectivity index is 1.82. The van der Waals surface area contributed by atoms with Crippen LogP contribution in [-0.2, 0) is 27.8 Å². The second kappa shape index (κ2) is 9.98. The maximum atomic E-state index is 12.7. The molecule has 0 aliphatic rings. The number of halogens is 1. The van der Waals surface area contributed by atoms with Crippen LogP contribution in [0.5, 0.6) is 11.5 Å². The molecule has 1 heterocycles. The summed E-state index contributed by atoms with van der Waals surface area (Å²) in [5, 5.41) is 3.20. The van der Waals surface area contributed by atoms with Crippen molar-refractivity contribution in [2.45, 2.75) is 31.2 Å². The van der Waals surface area contributed by atoms with Crippen LogP contribution in [0.25, 0.3) is 11.0 Å². The van der Waals surface area contributed by atoms with Gasteiger partial charge in [0.25, 0.3) is 0 Å². The van der Waals surface area contributed by atoms with Crippen molar-refractivity contribution in [3.8, 4) is 11.5 Å². The van der Waals surface area contributed by atoms with Crippen molar-refractivity contribution in [1.82, 2.24) is 13.9 Å². The number of nitrogens with zero attached hydrogens (tertiary/aromatic N) is 3. The van der Waals surface area contributed by atoms with Crippen molar-refractivity contribution >= 4 is 44.3 Å². The average molecular weight is 495 g/mol. The number of nitrogens with one attached hydrogen (secondary N) is 1. The molecule has 0 radical (unpaired) electrons. The Morgan fingerprint density at radius 1 is 1.15 bits per heavy atom. The molecule has 9 nitrogen and oxygen atoms in total. The van der Waals surface area contributed by atoms with E-state index in [1.54, 1.807) is 30.3 Å². The Morgan fingerprint density at radius 3 is 2.45 bits per heavy atom. The van der Waals surface area contributed by atoms with Crippen LogP contribution in [0.15, 0.2) is 35.2 Å². The van der Waals surface area contributed by atoms with Crippen LogP contribution in [-0.4, -0.2) is 56.5 Å². The van der Waals surface area contributed by atoms with Gasteiger partial charge in [0.15, 0.2) is 0 Å². The van der Waals surface area contributed by atoms with E-state index >= 15 is 0 Å². The number of benzene rings is 2. The molecule has 0 unspecified atom stereocenters. The highest BCUT2D eigenvalue weighted by Crippen LogP contribution is 2.36. The normalized spacial score (nSPS) is 11.7. The highest BCUT2D eigenvalue weighted by molar-refractivity contribution is 7.89. The lowest BCUT2D eigenvalue weighted by Gasteiger charge is -2.13. The number of anilines is 1. The number of aryl methyl sites for hydroxylation is 2. The molecule has 1 N–H and O–H groups in total. The zero-order valence-corrected chi connectivity index (χ0v) is 20.7. The summed E-state index contributed by atoms with van der Waals surface area (Å²) in [7, 11) is 2.38. The minimum Gasteiger partial charge on any atom is -0.495 e. The van der Waals surface area contributed by atoms with Gasteiger partial charge in [0.2, 0.25) is 15.9 Å². The minimum atomic E-state index is -3.57. The lowest BCUT2D eigenvalue weighted by Crippen LogP contribution is -2.22. The van der Waals surface area contributed by atoms with E-state index < -0.39 is 10.0 Å². The summed E-state index contributed by atoms with van der Waals surface area (Å²) in [6.07, 6.45) is 0.539. The van der Waals surface area contributed by atoms with E-state index in [-0.39, 0.29) is 17.2 Å². The van der Waals surface area contributed by atoms with Crippen molar-refractivity contribution in [2.75, 3.05) is 33.6 Å². The van der Waals surface area contributed by atoms with Gasteiger partial charge in [-0.3, -0.25) is 4.79 Å². The fraction of sp³-hybridized carbons (Fsp3) is 0.364. The molecule has 3 rings (SSSR count). The first-order valence-corrected chi connectivity index (χ1v) is 12.1. The molecule has 0 spiro atoms.